The van der Waals surface area contributed by atoms with Crippen LogP contribution in [0.5, 0.6) is 0 Å². The molecule has 14 heavy (non-hydrogen) atoms. The van der Waals surface area contributed by atoms with Crippen LogP contribution in [0.3, 0.4) is 0 Å². The summed E-state index contributed by atoms with van der Waals surface area (Å²) in [5.74, 6) is -3.13. The third kappa shape index (κ3) is 2.09. The quantitative estimate of drug-likeness (QED) is 0.737. The second kappa shape index (κ2) is 3.91. The summed E-state index contributed by atoms with van der Waals surface area (Å²) in [7, 11) is 0. The largest absolute Gasteiger partial charge is 0.481 e. The van der Waals surface area contributed by atoms with Crippen molar-refractivity contribution < 1.29 is 24.3 Å². The lowest BCUT2D eigenvalue weighted by molar-refractivity contribution is -0.145. The van der Waals surface area contributed by atoms with E-state index in [0.717, 1.165) is 0 Å². The Bertz CT molecular complexity index is 356. The van der Waals surface area contributed by atoms with Crippen LogP contribution in [-0.2, 0) is 9.59 Å². The fraction of sp³-hybridized carbons (Fsp3) is 0.375. The van der Waals surface area contributed by atoms with E-state index in [9.17, 15) is 9.59 Å². The molecule has 0 spiro atoms. The Kier molecular flexibility index (Phi) is 2.85. The van der Waals surface area contributed by atoms with Gasteiger partial charge >= 0.3 is 11.9 Å². The maximum Gasteiger partial charge on any atom is 0.311 e. The summed E-state index contributed by atoms with van der Waals surface area (Å²) in [5, 5.41) is 20.7. The Balaban J connectivity index is 2.94. The monoisotopic (exact) mass is 199 g/mol. The number of carbonyl (C=O) groups is 2. The normalized spacial score (nSPS) is 12.4. The molecule has 0 saturated heterocycles. The number of nitrogens with zero attached hydrogens (tertiary/aromatic N) is 1. The Labute approximate surface area is 79.1 Å². The highest BCUT2D eigenvalue weighted by Crippen LogP contribution is 2.22. The number of hydrogen-bond acceptors (Lipinski definition) is 4. The van der Waals surface area contributed by atoms with Crippen LogP contribution in [0, 0.1) is 6.92 Å². The van der Waals surface area contributed by atoms with Gasteiger partial charge in [0.2, 0.25) is 0 Å². The molecule has 1 unspecified atom stereocenters. The van der Waals surface area contributed by atoms with Gasteiger partial charge in [-0.3, -0.25) is 9.59 Å². The summed E-state index contributed by atoms with van der Waals surface area (Å²) in [6, 6.07) is 0. The van der Waals surface area contributed by atoms with E-state index in [0.29, 0.717) is 11.3 Å². The van der Waals surface area contributed by atoms with Crippen molar-refractivity contribution in [3.63, 3.8) is 0 Å². The van der Waals surface area contributed by atoms with Crippen LogP contribution in [0.2, 0.25) is 0 Å². The lowest BCUT2D eigenvalue weighted by atomic mass is 9.97. The van der Waals surface area contributed by atoms with Gasteiger partial charge in [-0.05, 0) is 6.92 Å². The molecule has 2 N–H and O–H groups in total. The van der Waals surface area contributed by atoms with Crippen molar-refractivity contribution in [2.45, 2.75) is 19.3 Å². The van der Waals surface area contributed by atoms with Gasteiger partial charge in [0.25, 0.3) is 0 Å². The molecule has 1 aromatic rings. The molecule has 6 heteroatoms. The molecule has 0 aliphatic rings. The number of aliphatic carboxylic acids is 2. The van der Waals surface area contributed by atoms with E-state index in [4.69, 9.17) is 10.2 Å². The fourth-order valence-electron chi connectivity index (χ4n) is 1.15. The second-order valence-corrected chi connectivity index (χ2v) is 2.83. The zero-order valence-corrected chi connectivity index (χ0v) is 7.43. The molecule has 6 nitrogen and oxygen atoms in total. The van der Waals surface area contributed by atoms with Crippen molar-refractivity contribution in [3.8, 4) is 0 Å². The highest BCUT2D eigenvalue weighted by Gasteiger charge is 2.26. The molecule has 76 valence electrons. The molecule has 1 aromatic heterocycles. The number of carboxylic acids is 2. The van der Waals surface area contributed by atoms with Gasteiger partial charge in [-0.25, -0.2) is 0 Å². The Morgan fingerprint density at radius 1 is 1.57 bits per heavy atom. The van der Waals surface area contributed by atoms with Gasteiger partial charge in [-0.2, -0.15) is 0 Å². The summed E-state index contributed by atoms with van der Waals surface area (Å²) < 4.78 is 4.67. The highest BCUT2D eigenvalue weighted by molar-refractivity contribution is 5.82. The van der Waals surface area contributed by atoms with Gasteiger partial charge in [-0.15, -0.1) is 0 Å². The van der Waals surface area contributed by atoms with Crippen LogP contribution in [0.4, 0.5) is 0 Å². The molecule has 0 aliphatic heterocycles. The van der Waals surface area contributed by atoms with Crippen molar-refractivity contribution in [2.24, 2.45) is 0 Å². The summed E-state index contributed by atoms with van der Waals surface area (Å²) >= 11 is 0. The number of hydrogen-bond donors (Lipinski definition) is 2. The van der Waals surface area contributed by atoms with Crippen LogP contribution in [0.15, 0.2) is 10.7 Å². The van der Waals surface area contributed by atoms with Crippen molar-refractivity contribution in [1.29, 1.82) is 0 Å². The zero-order valence-electron chi connectivity index (χ0n) is 7.43. The molecule has 0 radical (unpaired) electrons. The lowest BCUT2D eigenvalue weighted by Gasteiger charge is -2.06. The van der Waals surface area contributed by atoms with Crippen molar-refractivity contribution >= 4 is 11.9 Å². The molecule has 0 amide bonds. The predicted molar refractivity (Wildman–Crippen MR) is 43.9 cm³/mol. The van der Waals surface area contributed by atoms with E-state index in [1.54, 1.807) is 6.92 Å². The van der Waals surface area contributed by atoms with Crippen molar-refractivity contribution in [2.75, 3.05) is 0 Å². The van der Waals surface area contributed by atoms with E-state index in [1.807, 2.05) is 0 Å². The number of aromatic nitrogens is 1. The van der Waals surface area contributed by atoms with Gasteiger partial charge in [0.15, 0.2) is 0 Å². The molecule has 0 saturated carbocycles. The van der Waals surface area contributed by atoms with Crippen molar-refractivity contribution in [1.82, 2.24) is 5.16 Å². The first-order valence-electron chi connectivity index (χ1n) is 3.88. The van der Waals surface area contributed by atoms with E-state index in [1.165, 1.54) is 6.20 Å². The first-order valence-corrected chi connectivity index (χ1v) is 3.88. The zero-order chi connectivity index (χ0) is 10.7. The first-order chi connectivity index (χ1) is 6.52. The maximum absolute atomic E-state index is 10.8. The van der Waals surface area contributed by atoms with Crippen LogP contribution >= 0.6 is 0 Å². The highest BCUT2D eigenvalue weighted by atomic mass is 16.5. The van der Waals surface area contributed by atoms with Crippen molar-refractivity contribution in [3.05, 3.63) is 17.5 Å². The third-order valence-corrected chi connectivity index (χ3v) is 1.84. The second-order valence-electron chi connectivity index (χ2n) is 2.83. The number of carboxylic acid groups (broad SMARTS) is 2. The van der Waals surface area contributed by atoms with Crippen LogP contribution < -0.4 is 0 Å². The van der Waals surface area contributed by atoms with Gasteiger partial charge in [0.1, 0.15) is 5.76 Å². The molecule has 1 atom stereocenters. The van der Waals surface area contributed by atoms with Gasteiger partial charge in [-0.1, -0.05) is 5.16 Å². The van der Waals surface area contributed by atoms with Crippen LogP contribution in [0.25, 0.3) is 0 Å². The van der Waals surface area contributed by atoms with Gasteiger partial charge in [0, 0.05) is 5.56 Å². The minimum absolute atomic E-state index is 0.305. The minimum Gasteiger partial charge on any atom is -0.481 e. The minimum atomic E-state index is -1.20. The topological polar surface area (TPSA) is 101 Å². The molecule has 0 aromatic carbocycles. The van der Waals surface area contributed by atoms with Crippen LogP contribution in [0.1, 0.15) is 23.7 Å². The molecule has 0 fully saturated rings. The smallest absolute Gasteiger partial charge is 0.311 e. The summed E-state index contributed by atoms with van der Waals surface area (Å²) in [6.07, 6.45) is 0.758. The summed E-state index contributed by atoms with van der Waals surface area (Å²) in [4.78, 5) is 21.2. The third-order valence-electron chi connectivity index (χ3n) is 1.84. The average molecular weight is 199 g/mol. The van der Waals surface area contributed by atoms with E-state index < -0.39 is 24.3 Å². The Morgan fingerprint density at radius 2 is 2.21 bits per heavy atom. The number of aryl methyl sites for hydroxylation is 1. The molecular formula is C8H9NO5. The standard InChI is InChI=1S/C8H9NO5/c1-4-6(3-9-14-4)5(8(12)13)2-7(10)11/h3,5H,2H2,1H3,(H,10,11)(H,12,13). The Hall–Kier alpha value is -1.85. The SMILES string of the molecule is Cc1oncc1C(CC(=O)O)C(=O)O. The molecule has 0 bridgehead atoms. The predicted octanol–water partition coefficient (Wildman–Crippen LogP) is 0.626. The van der Waals surface area contributed by atoms with Crippen LogP contribution in [-0.4, -0.2) is 27.3 Å². The van der Waals surface area contributed by atoms with Gasteiger partial charge in [0.05, 0.1) is 18.5 Å². The molecule has 0 aliphatic carbocycles. The van der Waals surface area contributed by atoms with Gasteiger partial charge < -0.3 is 14.7 Å². The summed E-state index contributed by atoms with van der Waals surface area (Å²) in [6.45, 7) is 1.54. The van der Waals surface area contributed by atoms with E-state index >= 15 is 0 Å². The summed E-state index contributed by atoms with van der Waals surface area (Å²) in [5.41, 5.74) is 0.305. The lowest BCUT2D eigenvalue weighted by Crippen LogP contribution is -2.16. The molecule has 1 rings (SSSR count). The average Bonchev–Trinajstić information content (AvgIpc) is 2.46. The first kappa shape index (κ1) is 10.2. The molecular weight excluding hydrogens is 190 g/mol. The fourth-order valence-corrected chi connectivity index (χ4v) is 1.15. The Morgan fingerprint density at radius 3 is 2.57 bits per heavy atom. The van der Waals surface area contributed by atoms with E-state index in [2.05, 4.69) is 9.68 Å². The molecule has 1 heterocycles. The van der Waals surface area contributed by atoms with E-state index in [-0.39, 0.29) is 0 Å². The number of rotatable bonds is 4. The maximum atomic E-state index is 10.8.